The number of nitrogens with one attached hydrogen (secondary N) is 2. The minimum Gasteiger partial charge on any atom is -0.490 e. The zero-order valence-corrected chi connectivity index (χ0v) is 21.9. The molecule has 0 radical (unpaired) electrons. The molecule has 0 atom stereocenters. The Bertz CT molecular complexity index is 1360. The fourth-order valence-electron chi connectivity index (χ4n) is 4.01. The number of nitro groups is 1. The second kappa shape index (κ2) is 11.9. The van der Waals surface area contributed by atoms with Crippen LogP contribution in [0.25, 0.3) is 0 Å². The Balaban J connectivity index is 1.29. The van der Waals surface area contributed by atoms with Crippen LogP contribution in [0.5, 0.6) is 5.75 Å². The van der Waals surface area contributed by atoms with E-state index in [9.17, 15) is 19.7 Å². The highest BCUT2D eigenvalue weighted by Gasteiger charge is 2.22. The number of carbonyl (C=O) groups excluding carboxylic acids is 2. The summed E-state index contributed by atoms with van der Waals surface area (Å²) < 4.78 is 4.96. The number of carbonyl (C=O) groups is 2. The Morgan fingerprint density at radius 3 is 2.21 bits per heavy atom. The van der Waals surface area contributed by atoms with E-state index in [1.54, 1.807) is 24.3 Å². The molecule has 0 bridgehead atoms. The topological polar surface area (TPSA) is 117 Å². The van der Waals surface area contributed by atoms with Gasteiger partial charge in [0.1, 0.15) is 0 Å². The van der Waals surface area contributed by atoms with Gasteiger partial charge in [-0.05, 0) is 72.9 Å². The van der Waals surface area contributed by atoms with Crippen molar-refractivity contribution in [3.63, 3.8) is 0 Å². The number of ether oxygens (including phenoxy) is 1. The van der Waals surface area contributed by atoms with Gasteiger partial charge in [-0.3, -0.25) is 25.0 Å². The lowest BCUT2D eigenvalue weighted by atomic mass is 10.1. The first-order chi connectivity index (χ1) is 18.2. The van der Waals surface area contributed by atoms with Crippen LogP contribution in [0.3, 0.4) is 0 Å². The molecular weight excluding hydrogens is 530 g/mol. The molecule has 10 nitrogen and oxygen atoms in total. The van der Waals surface area contributed by atoms with Crippen LogP contribution in [0.15, 0.2) is 66.7 Å². The van der Waals surface area contributed by atoms with Crippen molar-refractivity contribution in [2.24, 2.45) is 0 Å². The molecule has 0 unspecified atom stereocenters. The van der Waals surface area contributed by atoms with E-state index in [1.165, 1.54) is 19.2 Å². The molecule has 3 aromatic rings. The minimum atomic E-state index is -0.620. The summed E-state index contributed by atoms with van der Waals surface area (Å²) in [5, 5.41) is 17.3. The Morgan fingerprint density at radius 1 is 0.974 bits per heavy atom. The molecule has 0 aliphatic carbocycles. The first-order valence-electron chi connectivity index (χ1n) is 11.6. The van der Waals surface area contributed by atoms with E-state index in [2.05, 4.69) is 15.5 Å². The maximum Gasteiger partial charge on any atom is 0.311 e. The number of halogens is 1. The van der Waals surface area contributed by atoms with Gasteiger partial charge in [-0.15, -0.1) is 0 Å². The van der Waals surface area contributed by atoms with Crippen molar-refractivity contribution in [1.29, 1.82) is 0 Å². The third kappa shape index (κ3) is 6.36. The van der Waals surface area contributed by atoms with Crippen LogP contribution < -0.4 is 20.3 Å². The third-order valence-electron chi connectivity index (χ3n) is 6.01. The Morgan fingerprint density at radius 2 is 1.61 bits per heavy atom. The minimum absolute atomic E-state index is 0.0133. The second-order valence-corrected chi connectivity index (χ2v) is 9.23. The molecule has 0 aromatic heterocycles. The summed E-state index contributed by atoms with van der Waals surface area (Å²) in [5.74, 6) is -0.543. The van der Waals surface area contributed by atoms with Gasteiger partial charge in [-0.2, -0.15) is 0 Å². The Labute approximate surface area is 229 Å². The molecule has 0 saturated carbocycles. The van der Waals surface area contributed by atoms with Crippen LogP contribution in [0.2, 0.25) is 5.02 Å². The van der Waals surface area contributed by atoms with Crippen molar-refractivity contribution in [2.45, 2.75) is 0 Å². The number of amides is 2. The van der Waals surface area contributed by atoms with Crippen molar-refractivity contribution >= 4 is 57.8 Å². The fraction of sp³-hybridized carbons (Fsp3) is 0.192. The highest BCUT2D eigenvalue weighted by molar-refractivity contribution is 7.80. The molecule has 1 fully saturated rings. The standard InChI is InChI=1S/C26H24ClN5O5S/c1-37-23-11-4-18(16-22(23)32(35)36)24(33)29-26(38)28-20-7-9-21(10-8-20)30-12-14-31(15-13-30)25(34)17-2-5-19(27)6-3-17/h2-11,16H,12-15H2,1H3,(H2,28,29,33,38). The van der Waals surface area contributed by atoms with Gasteiger partial charge in [0, 0.05) is 59.8 Å². The molecule has 4 rings (SSSR count). The number of hydrogen-bond acceptors (Lipinski definition) is 7. The number of nitrogens with zero attached hydrogens (tertiary/aromatic N) is 3. The van der Waals surface area contributed by atoms with Gasteiger partial charge in [-0.25, -0.2) is 0 Å². The molecule has 1 heterocycles. The summed E-state index contributed by atoms with van der Waals surface area (Å²) in [6.07, 6.45) is 0. The number of piperazine rings is 1. The summed E-state index contributed by atoms with van der Waals surface area (Å²) in [6, 6.07) is 18.3. The van der Waals surface area contributed by atoms with Gasteiger partial charge in [0.15, 0.2) is 10.9 Å². The summed E-state index contributed by atoms with van der Waals surface area (Å²) >= 11 is 11.1. The molecule has 1 aliphatic rings. The van der Waals surface area contributed by atoms with E-state index in [0.717, 1.165) is 11.8 Å². The van der Waals surface area contributed by atoms with Crippen molar-refractivity contribution in [2.75, 3.05) is 43.5 Å². The zero-order valence-electron chi connectivity index (χ0n) is 20.3. The quantitative estimate of drug-likeness (QED) is 0.263. The number of nitro benzene ring substituents is 1. The lowest BCUT2D eigenvalue weighted by Gasteiger charge is -2.36. The average molecular weight is 554 g/mol. The molecule has 2 amide bonds. The van der Waals surface area contributed by atoms with Gasteiger partial charge < -0.3 is 19.9 Å². The number of anilines is 2. The van der Waals surface area contributed by atoms with E-state index in [4.69, 9.17) is 28.6 Å². The molecule has 0 spiro atoms. The normalized spacial score (nSPS) is 13.0. The fourth-order valence-corrected chi connectivity index (χ4v) is 4.35. The van der Waals surface area contributed by atoms with Crippen LogP contribution >= 0.6 is 23.8 Å². The monoisotopic (exact) mass is 553 g/mol. The van der Waals surface area contributed by atoms with E-state index in [-0.39, 0.29) is 28.0 Å². The third-order valence-corrected chi connectivity index (χ3v) is 6.47. The summed E-state index contributed by atoms with van der Waals surface area (Å²) in [7, 11) is 1.32. The lowest BCUT2D eigenvalue weighted by Crippen LogP contribution is -2.48. The number of hydrogen-bond donors (Lipinski definition) is 2. The van der Waals surface area contributed by atoms with Crippen LogP contribution in [-0.4, -0.2) is 60.0 Å². The number of benzene rings is 3. The predicted octanol–water partition coefficient (Wildman–Crippen LogP) is 4.35. The molecule has 3 aromatic carbocycles. The molecule has 196 valence electrons. The molecule has 1 saturated heterocycles. The highest BCUT2D eigenvalue weighted by atomic mass is 35.5. The zero-order chi connectivity index (χ0) is 27.2. The van der Waals surface area contributed by atoms with Crippen LogP contribution in [0.4, 0.5) is 17.1 Å². The van der Waals surface area contributed by atoms with Crippen molar-refractivity contribution in [1.82, 2.24) is 10.2 Å². The average Bonchev–Trinajstić information content (AvgIpc) is 2.93. The molecule has 2 N–H and O–H groups in total. The highest BCUT2D eigenvalue weighted by Crippen LogP contribution is 2.27. The predicted molar refractivity (Wildman–Crippen MR) is 149 cm³/mol. The molecule has 12 heteroatoms. The van der Waals surface area contributed by atoms with Crippen LogP contribution in [-0.2, 0) is 0 Å². The second-order valence-electron chi connectivity index (χ2n) is 8.39. The van der Waals surface area contributed by atoms with E-state index in [1.807, 2.05) is 29.2 Å². The van der Waals surface area contributed by atoms with E-state index in [0.29, 0.717) is 42.5 Å². The molecule has 1 aliphatic heterocycles. The lowest BCUT2D eigenvalue weighted by molar-refractivity contribution is -0.385. The SMILES string of the molecule is COc1ccc(C(=O)NC(=S)Nc2ccc(N3CCN(C(=O)c4ccc(Cl)cc4)CC3)cc2)cc1[N+](=O)[O-]. The number of methoxy groups -OCH3 is 1. The first-order valence-corrected chi connectivity index (χ1v) is 12.4. The van der Waals surface area contributed by atoms with Crippen molar-refractivity contribution < 1.29 is 19.2 Å². The van der Waals surface area contributed by atoms with E-state index >= 15 is 0 Å². The largest absolute Gasteiger partial charge is 0.490 e. The Hall–Kier alpha value is -4.22. The summed E-state index contributed by atoms with van der Waals surface area (Å²) in [4.78, 5) is 39.8. The molecule has 38 heavy (non-hydrogen) atoms. The maximum atomic E-state index is 12.7. The van der Waals surface area contributed by atoms with Crippen LogP contribution in [0.1, 0.15) is 20.7 Å². The van der Waals surface area contributed by atoms with Gasteiger partial charge >= 0.3 is 5.69 Å². The van der Waals surface area contributed by atoms with E-state index < -0.39 is 10.8 Å². The summed E-state index contributed by atoms with van der Waals surface area (Å²) in [6.45, 7) is 2.57. The number of thiocarbonyl (C=S) groups is 1. The van der Waals surface area contributed by atoms with Gasteiger partial charge in [-0.1, -0.05) is 11.6 Å². The Kier molecular flexibility index (Phi) is 8.39. The van der Waals surface area contributed by atoms with Gasteiger partial charge in [0.2, 0.25) is 0 Å². The first kappa shape index (κ1) is 26.8. The maximum absolute atomic E-state index is 12.7. The smallest absolute Gasteiger partial charge is 0.311 e. The van der Waals surface area contributed by atoms with Crippen molar-refractivity contribution in [3.05, 3.63) is 93.0 Å². The summed E-state index contributed by atoms with van der Waals surface area (Å²) in [5.41, 5.74) is 2.04. The number of rotatable bonds is 6. The van der Waals surface area contributed by atoms with Gasteiger partial charge in [0.05, 0.1) is 12.0 Å². The van der Waals surface area contributed by atoms with Crippen LogP contribution in [0, 0.1) is 10.1 Å². The van der Waals surface area contributed by atoms with Gasteiger partial charge in [0.25, 0.3) is 11.8 Å². The van der Waals surface area contributed by atoms with Crippen molar-refractivity contribution in [3.8, 4) is 5.75 Å². The molecular formula is C26H24ClN5O5S.